The first-order chi connectivity index (χ1) is 11.3. The zero-order valence-electron chi connectivity index (χ0n) is 14.8. The highest BCUT2D eigenvalue weighted by Crippen LogP contribution is 2.18. The first kappa shape index (κ1) is 16.8. The number of anilines is 1. The zero-order valence-corrected chi connectivity index (χ0v) is 14.8. The van der Waals surface area contributed by atoms with Gasteiger partial charge in [-0.15, -0.1) is 0 Å². The highest BCUT2D eigenvalue weighted by atomic mass is 15.3. The Bertz CT molecular complexity index is 442. The third-order valence-corrected chi connectivity index (χ3v) is 5.46. The molecule has 1 aromatic carbocycles. The Morgan fingerprint density at radius 1 is 0.957 bits per heavy atom. The molecule has 3 nitrogen and oxygen atoms in total. The predicted octanol–water partition coefficient (Wildman–Crippen LogP) is 3.43. The van der Waals surface area contributed by atoms with Gasteiger partial charge in [0, 0.05) is 37.9 Å². The molecule has 0 aromatic heterocycles. The average Bonchev–Trinajstić information content (AvgIpc) is 2.61. The summed E-state index contributed by atoms with van der Waals surface area (Å²) in [5.41, 5.74) is 2.73. The van der Waals surface area contributed by atoms with Crippen LogP contribution in [0.3, 0.4) is 0 Å². The maximum absolute atomic E-state index is 3.76. The molecule has 3 heteroatoms. The Morgan fingerprint density at radius 2 is 1.65 bits per heavy atom. The number of hydrogen-bond acceptors (Lipinski definition) is 3. The molecule has 0 amide bonds. The van der Waals surface area contributed by atoms with Crippen molar-refractivity contribution in [2.24, 2.45) is 0 Å². The standard InChI is InChI=1S/C20H33N3/c1-18-8-10-20(11-9-18)23-16-14-22(15-17-23)13-5-12-21-19-6-3-2-4-7-19/h8-11,19,21H,2-7,12-17H2,1H3. The molecule has 23 heavy (non-hydrogen) atoms. The maximum atomic E-state index is 3.76. The van der Waals surface area contributed by atoms with Crippen LogP contribution < -0.4 is 10.2 Å². The van der Waals surface area contributed by atoms with Gasteiger partial charge in [0.1, 0.15) is 0 Å². The molecule has 1 saturated heterocycles. The van der Waals surface area contributed by atoms with Crippen LogP contribution in [0.1, 0.15) is 44.1 Å². The van der Waals surface area contributed by atoms with E-state index in [2.05, 4.69) is 46.3 Å². The van der Waals surface area contributed by atoms with Crippen molar-refractivity contribution < 1.29 is 0 Å². The quantitative estimate of drug-likeness (QED) is 0.811. The lowest BCUT2D eigenvalue weighted by atomic mass is 9.95. The van der Waals surface area contributed by atoms with Crippen LogP contribution in [0.25, 0.3) is 0 Å². The average molecular weight is 316 g/mol. The van der Waals surface area contributed by atoms with Crippen molar-refractivity contribution in [1.29, 1.82) is 0 Å². The van der Waals surface area contributed by atoms with Crippen molar-refractivity contribution in [2.45, 2.75) is 51.5 Å². The van der Waals surface area contributed by atoms with Gasteiger partial charge in [-0.05, 0) is 51.4 Å². The second-order valence-electron chi connectivity index (χ2n) is 7.31. The summed E-state index contributed by atoms with van der Waals surface area (Å²) < 4.78 is 0. The van der Waals surface area contributed by atoms with Crippen molar-refractivity contribution >= 4 is 5.69 Å². The topological polar surface area (TPSA) is 18.5 Å². The van der Waals surface area contributed by atoms with E-state index in [1.54, 1.807) is 0 Å². The van der Waals surface area contributed by atoms with Crippen molar-refractivity contribution in [3.8, 4) is 0 Å². The first-order valence-corrected chi connectivity index (χ1v) is 9.58. The Labute approximate surface area is 142 Å². The molecule has 0 unspecified atom stereocenters. The Hall–Kier alpha value is -1.06. The fraction of sp³-hybridized carbons (Fsp3) is 0.700. The monoisotopic (exact) mass is 315 g/mol. The minimum atomic E-state index is 0.808. The smallest absolute Gasteiger partial charge is 0.0367 e. The predicted molar refractivity (Wildman–Crippen MR) is 99.3 cm³/mol. The summed E-state index contributed by atoms with van der Waals surface area (Å²) in [6, 6.07) is 9.78. The Balaban J connectivity index is 1.30. The van der Waals surface area contributed by atoms with E-state index in [9.17, 15) is 0 Å². The summed E-state index contributed by atoms with van der Waals surface area (Å²) in [6.07, 6.45) is 8.40. The number of piperazine rings is 1. The minimum Gasteiger partial charge on any atom is -0.369 e. The number of nitrogens with one attached hydrogen (secondary N) is 1. The van der Waals surface area contributed by atoms with E-state index in [1.165, 1.54) is 89.0 Å². The van der Waals surface area contributed by atoms with Gasteiger partial charge in [0.15, 0.2) is 0 Å². The fourth-order valence-corrected chi connectivity index (χ4v) is 3.90. The van der Waals surface area contributed by atoms with Crippen molar-refractivity contribution in [1.82, 2.24) is 10.2 Å². The van der Waals surface area contributed by atoms with E-state index in [4.69, 9.17) is 0 Å². The summed E-state index contributed by atoms with van der Waals surface area (Å²) in [5, 5.41) is 3.76. The van der Waals surface area contributed by atoms with E-state index in [-0.39, 0.29) is 0 Å². The molecule has 1 aromatic rings. The molecule has 1 heterocycles. The molecule has 0 radical (unpaired) electrons. The molecular weight excluding hydrogens is 282 g/mol. The van der Waals surface area contributed by atoms with E-state index < -0.39 is 0 Å². The maximum Gasteiger partial charge on any atom is 0.0367 e. The Morgan fingerprint density at radius 3 is 2.35 bits per heavy atom. The van der Waals surface area contributed by atoms with Gasteiger partial charge in [0.2, 0.25) is 0 Å². The largest absolute Gasteiger partial charge is 0.369 e. The second-order valence-corrected chi connectivity index (χ2v) is 7.31. The second kappa shape index (κ2) is 8.70. The lowest BCUT2D eigenvalue weighted by Crippen LogP contribution is -2.47. The normalized spacial score (nSPS) is 20.8. The van der Waals surface area contributed by atoms with Gasteiger partial charge in [0.05, 0.1) is 0 Å². The van der Waals surface area contributed by atoms with E-state index >= 15 is 0 Å². The molecule has 3 rings (SSSR count). The lowest BCUT2D eigenvalue weighted by molar-refractivity contribution is 0.250. The summed E-state index contributed by atoms with van der Waals surface area (Å²) in [7, 11) is 0. The summed E-state index contributed by atoms with van der Waals surface area (Å²) in [6.45, 7) is 9.35. The third kappa shape index (κ3) is 5.22. The van der Waals surface area contributed by atoms with Gasteiger partial charge in [-0.3, -0.25) is 4.90 Å². The van der Waals surface area contributed by atoms with Gasteiger partial charge in [-0.2, -0.15) is 0 Å². The molecule has 0 spiro atoms. The number of nitrogens with zero attached hydrogens (tertiary/aromatic N) is 2. The molecule has 1 aliphatic carbocycles. The summed E-state index contributed by atoms with van der Waals surface area (Å²) >= 11 is 0. The molecule has 1 saturated carbocycles. The SMILES string of the molecule is Cc1ccc(N2CCN(CCCNC3CCCCC3)CC2)cc1. The van der Waals surface area contributed by atoms with Crippen LogP contribution in [-0.2, 0) is 0 Å². The van der Waals surface area contributed by atoms with Crippen LogP contribution in [-0.4, -0.2) is 50.2 Å². The van der Waals surface area contributed by atoms with Crippen molar-refractivity contribution in [2.75, 3.05) is 44.2 Å². The Kier molecular flexibility index (Phi) is 6.35. The van der Waals surface area contributed by atoms with Crippen LogP contribution >= 0.6 is 0 Å². The van der Waals surface area contributed by atoms with Crippen LogP contribution in [0.5, 0.6) is 0 Å². The van der Waals surface area contributed by atoms with Gasteiger partial charge < -0.3 is 10.2 Å². The number of benzene rings is 1. The number of aryl methyl sites for hydroxylation is 1. The van der Waals surface area contributed by atoms with E-state index in [0.29, 0.717) is 0 Å². The van der Waals surface area contributed by atoms with Crippen LogP contribution in [0.15, 0.2) is 24.3 Å². The molecule has 0 bridgehead atoms. The first-order valence-electron chi connectivity index (χ1n) is 9.58. The van der Waals surface area contributed by atoms with Gasteiger partial charge in [0.25, 0.3) is 0 Å². The molecule has 128 valence electrons. The molecular formula is C20H33N3. The zero-order chi connectivity index (χ0) is 15.9. The third-order valence-electron chi connectivity index (χ3n) is 5.46. The lowest BCUT2D eigenvalue weighted by Gasteiger charge is -2.36. The highest BCUT2D eigenvalue weighted by Gasteiger charge is 2.17. The van der Waals surface area contributed by atoms with Gasteiger partial charge in [-0.25, -0.2) is 0 Å². The summed E-state index contributed by atoms with van der Waals surface area (Å²) in [5.74, 6) is 0. The van der Waals surface area contributed by atoms with E-state index in [1.807, 2.05) is 0 Å². The fourth-order valence-electron chi connectivity index (χ4n) is 3.90. The van der Waals surface area contributed by atoms with Crippen LogP contribution in [0, 0.1) is 6.92 Å². The van der Waals surface area contributed by atoms with Crippen LogP contribution in [0.4, 0.5) is 5.69 Å². The molecule has 2 aliphatic rings. The highest BCUT2D eigenvalue weighted by molar-refractivity contribution is 5.47. The van der Waals surface area contributed by atoms with Crippen molar-refractivity contribution in [3.63, 3.8) is 0 Å². The molecule has 1 aliphatic heterocycles. The van der Waals surface area contributed by atoms with Crippen LogP contribution in [0.2, 0.25) is 0 Å². The van der Waals surface area contributed by atoms with Gasteiger partial charge in [-0.1, -0.05) is 37.0 Å². The van der Waals surface area contributed by atoms with E-state index in [0.717, 1.165) is 6.04 Å². The minimum absolute atomic E-state index is 0.808. The number of rotatable bonds is 6. The molecule has 0 atom stereocenters. The van der Waals surface area contributed by atoms with Gasteiger partial charge >= 0.3 is 0 Å². The molecule has 2 fully saturated rings. The van der Waals surface area contributed by atoms with Crippen molar-refractivity contribution in [3.05, 3.63) is 29.8 Å². The summed E-state index contributed by atoms with van der Waals surface area (Å²) in [4.78, 5) is 5.16. The molecule has 1 N–H and O–H groups in total. The number of hydrogen-bond donors (Lipinski definition) is 1.